The first-order valence-electron chi connectivity index (χ1n) is 9.28. The predicted molar refractivity (Wildman–Crippen MR) is 113 cm³/mol. The van der Waals surface area contributed by atoms with Crippen molar-refractivity contribution in [2.75, 3.05) is 18.1 Å². The van der Waals surface area contributed by atoms with Gasteiger partial charge in [0.2, 0.25) is 0 Å². The molecule has 148 valence electrons. The Hall–Kier alpha value is -2.59. The number of carbonyl (C=O) groups is 2. The van der Waals surface area contributed by atoms with Crippen molar-refractivity contribution in [2.24, 2.45) is 0 Å². The zero-order valence-electron chi connectivity index (χ0n) is 16.5. The number of aryl methyl sites for hydroxylation is 2. The van der Waals surface area contributed by atoms with E-state index >= 15 is 0 Å². The van der Waals surface area contributed by atoms with Gasteiger partial charge in [0, 0.05) is 35.3 Å². The van der Waals surface area contributed by atoms with Crippen LogP contribution in [0, 0.1) is 13.8 Å². The van der Waals surface area contributed by atoms with Gasteiger partial charge in [0.1, 0.15) is 7.14 Å². The number of aliphatic carboxylic acids is 1. The normalized spacial score (nSPS) is 16.7. The van der Waals surface area contributed by atoms with Crippen LogP contribution >= 0.6 is 7.14 Å². The topological polar surface area (TPSA) is 99.3 Å². The molecule has 0 saturated heterocycles. The quantitative estimate of drug-likeness (QED) is 0.508. The van der Waals surface area contributed by atoms with Gasteiger partial charge in [-0.05, 0) is 61.8 Å². The average Bonchev–Trinajstić information content (AvgIpc) is 3.13. The maximum absolute atomic E-state index is 13.0. The fourth-order valence-electron chi connectivity index (χ4n) is 3.51. The maximum atomic E-state index is 13.0. The standard InChI is InChI=1S/C21H25N2O4P/c1-5-28(4,27)18-9-12(2)8-15-16(21(26)23-20(15)18)10-17-14(6-7-19(24)25)13(3)11-22-17/h8-11,22H,5-7H2,1-4H3,(H,23,26)(H,24,25). The van der Waals surface area contributed by atoms with E-state index in [0.29, 0.717) is 29.1 Å². The summed E-state index contributed by atoms with van der Waals surface area (Å²) in [5.74, 6) is -1.10. The molecule has 0 fully saturated rings. The third-order valence-corrected chi connectivity index (χ3v) is 7.85. The lowest BCUT2D eigenvalue weighted by Gasteiger charge is -2.16. The van der Waals surface area contributed by atoms with Gasteiger partial charge in [0.15, 0.2) is 0 Å². The molecule has 3 N–H and O–H groups in total. The zero-order valence-corrected chi connectivity index (χ0v) is 17.4. The highest BCUT2D eigenvalue weighted by Gasteiger charge is 2.31. The molecule has 2 aromatic rings. The fraction of sp³-hybridized carbons (Fsp3) is 0.333. The molecule has 7 heteroatoms. The van der Waals surface area contributed by atoms with Crippen molar-refractivity contribution in [3.05, 3.63) is 46.3 Å². The van der Waals surface area contributed by atoms with Crippen molar-refractivity contribution in [3.8, 4) is 0 Å². The van der Waals surface area contributed by atoms with Crippen molar-refractivity contribution in [3.63, 3.8) is 0 Å². The Morgan fingerprint density at radius 1 is 1.29 bits per heavy atom. The van der Waals surface area contributed by atoms with Gasteiger partial charge in [0.25, 0.3) is 5.91 Å². The molecule has 0 radical (unpaired) electrons. The van der Waals surface area contributed by atoms with Crippen molar-refractivity contribution in [2.45, 2.75) is 33.6 Å². The number of hydrogen-bond acceptors (Lipinski definition) is 3. The van der Waals surface area contributed by atoms with Crippen molar-refractivity contribution in [1.29, 1.82) is 0 Å². The lowest BCUT2D eigenvalue weighted by Crippen LogP contribution is -2.14. The Morgan fingerprint density at radius 3 is 2.64 bits per heavy atom. The van der Waals surface area contributed by atoms with Gasteiger partial charge in [-0.1, -0.05) is 6.92 Å². The molecule has 1 aliphatic rings. The van der Waals surface area contributed by atoms with Gasteiger partial charge >= 0.3 is 5.97 Å². The molecule has 0 aliphatic carbocycles. The molecule has 1 aromatic heterocycles. The van der Waals surface area contributed by atoms with Crippen LogP contribution in [0.4, 0.5) is 5.69 Å². The molecule has 2 heterocycles. The summed E-state index contributed by atoms with van der Waals surface area (Å²) < 4.78 is 13.0. The van der Waals surface area contributed by atoms with Gasteiger partial charge in [-0.3, -0.25) is 9.59 Å². The van der Waals surface area contributed by atoms with Crippen LogP contribution in [-0.4, -0.2) is 34.8 Å². The first-order chi connectivity index (χ1) is 13.1. The molecule has 6 nitrogen and oxygen atoms in total. The Bertz CT molecular complexity index is 1050. The predicted octanol–water partition coefficient (Wildman–Crippen LogP) is 3.78. The number of carbonyl (C=O) groups excluding carboxylic acids is 1. The molecule has 1 amide bonds. The fourth-order valence-corrected chi connectivity index (χ4v) is 4.98. The molecule has 1 unspecified atom stereocenters. The van der Waals surface area contributed by atoms with E-state index in [-0.39, 0.29) is 12.3 Å². The van der Waals surface area contributed by atoms with Crippen molar-refractivity contribution >= 4 is 41.7 Å². The average molecular weight is 400 g/mol. The Balaban J connectivity index is 2.12. The summed E-state index contributed by atoms with van der Waals surface area (Å²) >= 11 is 0. The van der Waals surface area contributed by atoms with E-state index < -0.39 is 13.1 Å². The van der Waals surface area contributed by atoms with Crippen molar-refractivity contribution in [1.82, 2.24) is 4.98 Å². The first-order valence-corrected chi connectivity index (χ1v) is 11.6. The molecule has 1 aliphatic heterocycles. The number of hydrogen-bond donors (Lipinski definition) is 3. The number of carboxylic acid groups (broad SMARTS) is 1. The SMILES string of the molecule is CCP(C)(=O)c1cc(C)cc2c1NC(=O)C2=Cc1[nH]cc(C)c1CCC(=O)O. The summed E-state index contributed by atoms with van der Waals surface area (Å²) in [6.07, 6.45) is 4.51. The van der Waals surface area contributed by atoms with Gasteiger partial charge in [0.05, 0.1) is 11.3 Å². The number of anilines is 1. The Morgan fingerprint density at radius 2 is 2.00 bits per heavy atom. The second-order valence-electron chi connectivity index (χ2n) is 7.39. The molecule has 1 aromatic carbocycles. The second-order valence-corrected chi connectivity index (χ2v) is 10.7. The largest absolute Gasteiger partial charge is 0.481 e. The minimum Gasteiger partial charge on any atom is -0.481 e. The number of carboxylic acids is 1. The van der Waals surface area contributed by atoms with E-state index in [9.17, 15) is 14.2 Å². The number of fused-ring (bicyclic) bond motifs is 1. The second kappa shape index (κ2) is 7.44. The highest BCUT2D eigenvalue weighted by atomic mass is 31.2. The van der Waals surface area contributed by atoms with Crippen molar-refractivity contribution < 1.29 is 19.3 Å². The Labute approximate surface area is 164 Å². The summed E-state index contributed by atoms with van der Waals surface area (Å²) in [5.41, 5.74) is 5.39. The monoisotopic (exact) mass is 400 g/mol. The molecule has 3 rings (SSSR count). The van der Waals surface area contributed by atoms with E-state index in [1.165, 1.54) is 0 Å². The number of benzene rings is 1. The van der Waals surface area contributed by atoms with Gasteiger partial charge in [-0.25, -0.2) is 0 Å². The summed E-state index contributed by atoms with van der Waals surface area (Å²) in [6, 6.07) is 3.81. The summed E-state index contributed by atoms with van der Waals surface area (Å²) in [6.45, 7) is 7.47. The molecule has 0 bridgehead atoms. The number of nitrogens with one attached hydrogen (secondary N) is 2. The highest BCUT2D eigenvalue weighted by molar-refractivity contribution is 7.71. The Kier molecular flexibility index (Phi) is 5.35. The number of H-pyrrole nitrogens is 1. The molecule has 0 saturated carbocycles. The van der Waals surface area contributed by atoms with Gasteiger partial charge in [-0.15, -0.1) is 0 Å². The molecule has 28 heavy (non-hydrogen) atoms. The first kappa shape index (κ1) is 20.2. The highest BCUT2D eigenvalue weighted by Crippen LogP contribution is 2.46. The van der Waals surface area contributed by atoms with E-state index in [1.54, 1.807) is 12.7 Å². The maximum Gasteiger partial charge on any atom is 0.303 e. The van der Waals surface area contributed by atoms with E-state index in [0.717, 1.165) is 27.9 Å². The zero-order chi connectivity index (χ0) is 20.6. The van der Waals surface area contributed by atoms with Crippen LogP contribution in [0.3, 0.4) is 0 Å². The van der Waals surface area contributed by atoms with E-state index in [1.807, 2.05) is 39.1 Å². The molecular formula is C21H25N2O4P. The third kappa shape index (κ3) is 3.69. The molecule has 0 spiro atoms. The number of aromatic nitrogens is 1. The van der Waals surface area contributed by atoms with Crippen LogP contribution in [0.1, 0.15) is 41.3 Å². The summed E-state index contributed by atoms with van der Waals surface area (Å²) in [4.78, 5) is 26.8. The molecule has 1 atom stereocenters. The van der Waals surface area contributed by atoms with Crippen LogP contribution < -0.4 is 10.6 Å². The third-order valence-electron chi connectivity index (χ3n) is 5.27. The molecular weight excluding hydrogens is 375 g/mol. The summed E-state index contributed by atoms with van der Waals surface area (Å²) in [7, 11) is -2.57. The number of rotatable bonds is 6. The lowest BCUT2D eigenvalue weighted by atomic mass is 10.0. The van der Waals surface area contributed by atoms with Crippen LogP contribution in [0.25, 0.3) is 11.6 Å². The number of amides is 1. The van der Waals surface area contributed by atoms with Crippen LogP contribution in [0.15, 0.2) is 18.3 Å². The number of aromatic amines is 1. The smallest absolute Gasteiger partial charge is 0.303 e. The minimum atomic E-state index is -2.57. The van der Waals surface area contributed by atoms with Crippen LogP contribution in [0.5, 0.6) is 0 Å². The van der Waals surface area contributed by atoms with E-state index in [4.69, 9.17) is 5.11 Å². The van der Waals surface area contributed by atoms with E-state index in [2.05, 4.69) is 10.3 Å². The summed E-state index contributed by atoms with van der Waals surface area (Å²) in [5, 5.41) is 12.6. The van der Waals surface area contributed by atoms with Crippen LogP contribution in [-0.2, 0) is 20.6 Å². The minimum absolute atomic E-state index is 0.0242. The lowest BCUT2D eigenvalue weighted by molar-refractivity contribution is -0.137. The van der Waals surface area contributed by atoms with Gasteiger partial charge in [-0.2, -0.15) is 0 Å². The van der Waals surface area contributed by atoms with Crippen LogP contribution in [0.2, 0.25) is 0 Å². The van der Waals surface area contributed by atoms with Gasteiger partial charge < -0.3 is 20.0 Å².